The first-order chi connectivity index (χ1) is 20.4. The lowest BCUT2D eigenvalue weighted by Crippen LogP contribution is -2.14. The number of benzene rings is 3. The Bertz CT molecular complexity index is 1320. The predicted molar refractivity (Wildman–Crippen MR) is 173 cm³/mol. The third-order valence-corrected chi connectivity index (χ3v) is 8.69. The number of aliphatic hydroxyl groups is 1. The molecule has 0 heterocycles. The van der Waals surface area contributed by atoms with Crippen molar-refractivity contribution in [3.63, 3.8) is 0 Å². The van der Waals surface area contributed by atoms with Crippen molar-refractivity contribution in [2.24, 2.45) is 5.92 Å². The average Bonchev–Trinajstić information content (AvgIpc) is 3.03. The van der Waals surface area contributed by atoms with Crippen LogP contribution in [0.2, 0.25) is 0 Å². The third-order valence-electron chi connectivity index (χ3n) is 8.69. The van der Waals surface area contributed by atoms with Crippen molar-refractivity contribution in [2.75, 3.05) is 13.2 Å². The molecule has 3 aromatic rings. The minimum atomic E-state index is -0.352. The van der Waals surface area contributed by atoms with E-state index in [-0.39, 0.29) is 25.8 Å². The highest BCUT2D eigenvalue weighted by atomic mass is 16.5. The number of aliphatic hydroxyl groups excluding tert-OH is 1. The van der Waals surface area contributed by atoms with Crippen LogP contribution in [0.3, 0.4) is 0 Å². The lowest BCUT2D eigenvalue weighted by atomic mass is 9.76. The number of rotatable bonds is 14. The number of hydrogen-bond donors (Lipinski definition) is 1. The minimum Gasteiger partial charge on any atom is -0.491 e. The quantitative estimate of drug-likeness (QED) is 0.120. The van der Waals surface area contributed by atoms with Gasteiger partial charge in [-0.05, 0) is 102 Å². The van der Waals surface area contributed by atoms with Gasteiger partial charge in [-0.2, -0.15) is 0 Å². The number of esters is 1. The van der Waals surface area contributed by atoms with Crippen LogP contribution in [0, 0.1) is 5.92 Å². The van der Waals surface area contributed by atoms with E-state index in [9.17, 15) is 4.79 Å². The van der Waals surface area contributed by atoms with Crippen LogP contribution < -0.4 is 4.74 Å². The summed E-state index contributed by atoms with van der Waals surface area (Å²) in [5.41, 5.74) is 8.65. The van der Waals surface area contributed by atoms with E-state index < -0.39 is 0 Å². The largest absolute Gasteiger partial charge is 0.491 e. The molecular weight excluding hydrogens is 520 g/mol. The van der Waals surface area contributed by atoms with E-state index in [4.69, 9.17) is 14.6 Å². The van der Waals surface area contributed by atoms with E-state index in [1.165, 1.54) is 68.1 Å². The number of carbonyl (C=O) groups excluding carboxylic acids is 1. The van der Waals surface area contributed by atoms with Gasteiger partial charge in [-0.3, -0.25) is 0 Å². The van der Waals surface area contributed by atoms with Gasteiger partial charge in [0.2, 0.25) is 0 Å². The topological polar surface area (TPSA) is 55.8 Å². The highest BCUT2D eigenvalue weighted by molar-refractivity contribution is 5.87. The molecule has 0 bridgehead atoms. The van der Waals surface area contributed by atoms with Gasteiger partial charge in [0.1, 0.15) is 19.0 Å². The lowest BCUT2D eigenvalue weighted by Gasteiger charge is -2.29. The van der Waals surface area contributed by atoms with Gasteiger partial charge in [-0.25, -0.2) is 4.79 Å². The zero-order valence-electron chi connectivity index (χ0n) is 25.8. The summed E-state index contributed by atoms with van der Waals surface area (Å²) in [6.45, 7) is 10.4. The van der Waals surface area contributed by atoms with E-state index in [2.05, 4.69) is 69.0 Å². The van der Waals surface area contributed by atoms with Crippen molar-refractivity contribution in [2.45, 2.75) is 91.1 Å². The van der Waals surface area contributed by atoms with E-state index in [0.29, 0.717) is 11.5 Å². The summed E-state index contributed by atoms with van der Waals surface area (Å²) >= 11 is 0. The Morgan fingerprint density at radius 2 is 1.57 bits per heavy atom. The monoisotopic (exact) mass is 568 g/mol. The molecule has 1 aliphatic rings. The summed E-state index contributed by atoms with van der Waals surface area (Å²) in [5.74, 6) is 1.84. The Morgan fingerprint density at radius 1 is 0.881 bits per heavy atom. The van der Waals surface area contributed by atoms with Crippen molar-refractivity contribution >= 4 is 5.97 Å². The first-order valence-electron chi connectivity index (χ1n) is 15.9. The van der Waals surface area contributed by atoms with Crippen molar-refractivity contribution in [3.8, 4) is 28.0 Å². The molecule has 1 fully saturated rings. The second-order valence-corrected chi connectivity index (χ2v) is 11.8. The Balaban J connectivity index is 1.58. The first-order valence-corrected chi connectivity index (χ1v) is 15.9. The van der Waals surface area contributed by atoms with Gasteiger partial charge in [0.15, 0.2) is 0 Å². The fourth-order valence-electron chi connectivity index (χ4n) is 6.23. The first kappa shape index (κ1) is 31.6. The molecule has 4 rings (SSSR count). The zero-order chi connectivity index (χ0) is 29.9. The van der Waals surface area contributed by atoms with Gasteiger partial charge in [-0.15, -0.1) is 0 Å². The number of ether oxygens (including phenoxy) is 2. The molecule has 0 unspecified atom stereocenters. The van der Waals surface area contributed by atoms with Crippen molar-refractivity contribution < 1.29 is 19.4 Å². The van der Waals surface area contributed by atoms with Crippen LogP contribution in [-0.2, 0) is 22.6 Å². The summed E-state index contributed by atoms with van der Waals surface area (Å²) in [7, 11) is 0. The van der Waals surface area contributed by atoms with E-state index in [0.717, 1.165) is 40.3 Å². The molecule has 0 atom stereocenters. The molecule has 4 nitrogen and oxygen atoms in total. The maximum atomic E-state index is 12.3. The molecule has 224 valence electrons. The van der Waals surface area contributed by atoms with Crippen molar-refractivity contribution in [1.82, 2.24) is 0 Å². The molecule has 1 N–H and O–H groups in total. The van der Waals surface area contributed by atoms with Gasteiger partial charge in [0, 0.05) is 5.57 Å². The Morgan fingerprint density at radius 3 is 2.24 bits per heavy atom. The number of hydrogen-bond acceptors (Lipinski definition) is 4. The zero-order valence-corrected chi connectivity index (χ0v) is 25.8. The standard InChI is InChI=1S/C38H48O4/c1-5-7-8-9-28-10-12-30(13-11-28)32-16-20-37(34(25-32)26-42-38(40)27(3)4)33-17-21-36(29(6-2)24-33)31-14-18-35(19-15-31)41-23-22-39/h14-21,24-25,28,30,39H,3,5-13,22-23,26H2,1-2,4H3. The van der Waals surface area contributed by atoms with Crippen LogP contribution in [0.5, 0.6) is 5.75 Å². The van der Waals surface area contributed by atoms with E-state index >= 15 is 0 Å². The molecule has 0 spiro atoms. The van der Waals surface area contributed by atoms with Crippen molar-refractivity contribution in [3.05, 3.63) is 89.5 Å². The average molecular weight is 569 g/mol. The summed E-state index contributed by atoms with van der Waals surface area (Å²) in [6, 6.07) is 21.5. The van der Waals surface area contributed by atoms with Crippen molar-refractivity contribution in [1.29, 1.82) is 0 Å². The fraction of sp³-hybridized carbons (Fsp3) is 0.447. The van der Waals surface area contributed by atoms with Crippen LogP contribution in [0.25, 0.3) is 22.3 Å². The number of carbonyl (C=O) groups is 1. The Kier molecular flexibility index (Phi) is 11.8. The maximum absolute atomic E-state index is 12.3. The number of aryl methyl sites for hydroxylation is 1. The SMILES string of the molecule is C=C(C)C(=O)OCc1cc(C2CCC(CCCCC)CC2)ccc1-c1ccc(-c2ccc(OCCO)cc2)c(CC)c1. The molecule has 3 aromatic carbocycles. The second kappa shape index (κ2) is 15.7. The fourth-order valence-corrected chi connectivity index (χ4v) is 6.23. The molecule has 0 aliphatic heterocycles. The van der Waals surface area contributed by atoms with E-state index in [1.807, 2.05) is 12.1 Å². The summed E-state index contributed by atoms with van der Waals surface area (Å²) < 4.78 is 11.2. The number of unbranched alkanes of at least 4 members (excludes halogenated alkanes) is 2. The minimum absolute atomic E-state index is 0.00118. The normalized spacial score (nSPS) is 16.7. The van der Waals surface area contributed by atoms with Crippen LogP contribution in [-0.4, -0.2) is 24.3 Å². The summed E-state index contributed by atoms with van der Waals surface area (Å²) in [5, 5.41) is 9.02. The van der Waals surface area contributed by atoms with Crippen LogP contribution in [0.1, 0.15) is 94.7 Å². The van der Waals surface area contributed by atoms with Gasteiger partial charge < -0.3 is 14.6 Å². The van der Waals surface area contributed by atoms with Crippen LogP contribution in [0.15, 0.2) is 72.8 Å². The smallest absolute Gasteiger partial charge is 0.333 e. The van der Waals surface area contributed by atoms with Gasteiger partial charge in [0.25, 0.3) is 0 Å². The molecule has 0 saturated heterocycles. The molecule has 4 heteroatoms. The van der Waals surface area contributed by atoms with Gasteiger partial charge in [-0.1, -0.05) is 94.6 Å². The molecular formula is C38H48O4. The molecule has 42 heavy (non-hydrogen) atoms. The highest BCUT2D eigenvalue weighted by Gasteiger charge is 2.23. The Hall–Kier alpha value is -3.37. The molecule has 1 aliphatic carbocycles. The summed E-state index contributed by atoms with van der Waals surface area (Å²) in [6.07, 6.45) is 11.4. The molecule has 0 amide bonds. The lowest BCUT2D eigenvalue weighted by molar-refractivity contribution is -0.140. The predicted octanol–water partition coefficient (Wildman–Crippen LogP) is 9.43. The summed E-state index contributed by atoms with van der Waals surface area (Å²) in [4.78, 5) is 12.3. The third kappa shape index (κ3) is 8.35. The van der Waals surface area contributed by atoms with Gasteiger partial charge >= 0.3 is 5.97 Å². The van der Waals surface area contributed by atoms with Crippen LogP contribution >= 0.6 is 0 Å². The second-order valence-electron chi connectivity index (χ2n) is 11.8. The van der Waals surface area contributed by atoms with Gasteiger partial charge in [0.05, 0.1) is 6.61 Å². The molecule has 0 radical (unpaired) electrons. The maximum Gasteiger partial charge on any atom is 0.333 e. The molecule has 1 saturated carbocycles. The molecule has 0 aromatic heterocycles. The Labute approximate surface area is 252 Å². The van der Waals surface area contributed by atoms with E-state index in [1.54, 1.807) is 6.92 Å². The van der Waals surface area contributed by atoms with Crippen LogP contribution in [0.4, 0.5) is 0 Å². The highest BCUT2D eigenvalue weighted by Crippen LogP contribution is 2.40.